The first-order valence-electron chi connectivity index (χ1n) is 8.54. The van der Waals surface area contributed by atoms with Crippen LogP contribution in [0.1, 0.15) is 24.8 Å². The predicted octanol–water partition coefficient (Wildman–Crippen LogP) is 1.73. The fourth-order valence-corrected chi connectivity index (χ4v) is 3.49. The van der Waals surface area contributed by atoms with Crippen LogP contribution in [0.3, 0.4) is 0 Å². The Bertz CT molecular complexity index is 954. The van der Waals surface area contributed by atoms with Crippen LogP contribution in [0, 0.1) is 0 Å². The average Bonchev–Trinajstić information content (AvgIpc) is 2.91. The van der Waals surface area contributed by atoms with Crippen LogP contribution in [0.4, 0.5) is 0 Å². The van der Waals surface area contributed by atoms with Gasteiger partial charge in [-0.25, -0.2) is 9.48 Å². The molecule has 25 heavy (non-hydrogen) atoms. The SMILES string of the molecule is O=C(Cn1nc2ccccn2c1=O)NCC1(c2ccccc2)CCC1. The minimum atomic E-state index is -0.299. The molecular formula is C19H20N4O2. The van der Waals surface area contributed by atoms with Crippen molar-refractivity contribution in [2.24, 2.45) is 0 Å². The number of amides is 1. The Morgan fingerprint density at radius 3 is 2.56 bits per heavy atom. The summed E-state index contributed by atoms with van der Waals surface area (Å²) in [6.45, 7) is 0.531. The number of pyridine rings is 1. The number of nitrogens with zero attached hydrogens (tertiary/aromatic N) is 3. The lowest BCUT2D eigenvalue weighted by atomic mass is 9.64. The van der Waals surface area contributed by atoms with Crippen molar-refractivity contribution >= 4 is 11.6 Å². The highest BCUT2D eigenvalue weighted by atomic mass is 16.2. The van der Waals surface area contributed by atoms with Crippen molar-refractivity contribution in [2.45, 2.75) is 31.2 Å². The van der Waals surface area contributed by atoms with Crippen molar-refractivity contribution in [3.05, 3.63) is 70.8 Å². The summed E-state index contributed by atoms with van der Waals surface area (Å²) in [5.41, 5.74) is 1.54. The second kappa shape index (κ2) is 6.20. The van der Waals surface area contributed by atoms with Crippen LogP contribution < -0.4 is 11.0 Å². The molecule has 1 fully saturated rings. The summed E-state index contributed by atoms with van der Waals surface area (Å²) in [5, 5.41) is 7.19. The van der Waals surface area contributed by atoms with E-state index in [4.69, 9.17) is 0 Å². The zero-order valence-corrected chi connectivity index (χ0v) is 13.9. The summed E-state index contributed by atoms with van der Waals surface area (Å²) in [6, 6.07) is 15.6. The first-order valence-corrected chi connectivity index (χ1v) is 8.54. The highest BCUT2D eigenvalue weighted by molar-refractivity contribution is 5.75. The molecule has 0 saturated heterocycles. The zero-order chi connectivity index (χ0) is 17.3. The first kappa shape index (κ1) is 15.6. The number of fused-ring (bicyclic) bond motifs is 1. The average molecular weight is 336 g/mol. The van der Waals surface area contributed by atoms with E-state index in [9.17, 15) is 9.59 Å². The van der Waals surface area contributed by atoms with Crippen molar-refractivity contribution in [1.29, 1.82) is 0 Å². The second-order valence-electron chi connectivity index (χ2n) is 6.65. The van der Waals surface area contributed by atoms with Crippen molar-refractivity contribution in [2.75, 3.05) is 6.54 Å². The Hall–Kier alpha value is -2.89. The number of carbonyl (C=O) groups is 1. The van der Waals surface area contributed by atoms with Gasteiger partial charge in [-0.3, -0.25) is 9.20 Å². The van der Waals surface area contributed by atoms with Crippen LogP contribution in [0.15, 0.2) is 59.5 Å². The number of carbonyl (C=O) groups excluding carboxylic acids is 1. The van der Waals surface area contributed by atoms with Gasteiger partial charge in [-0.2, -0.15) is 0 Å². The monoisotopic (exact) mass is 336 g/mol. The molecule has 1 saturated carbocycles. The van der Waals surface area contributed by atoms with Gasteiger partial charge in [-0.1, -0.05) is 42.8 Å². The highest BCUT2D eigenvalue weighted by Crippen LogP contribution is 2.43. The van der Waals surface area contributed by atoms with Gasteiger partial charge in [0.1, 0.15) is 6.54 Å². The molecule has 0 bridgehead atoms. The molecular weight excluding hydrogens is 316 g/mol. The van der Waals surface area contributed by atoms with Gasteiger partial charge in [0.15, 0.2) is 5.65 Å². The summed E-state index contributed by atoms with van der Waals surface area (Å²) in [4.78, 5) is 24.6. The van der Waals surface area contributed by atoms with E-state index in [-0.39, 0.29) is 23.6 Å². The number of rotatable bonds is 5. The third kappa shape index (κ3) is 2.84. The molecule has 1 aromatic carbocycles. The maximum absolute atomic E-state index is 12.3. The van der Waals surface area contributed by atoms with Crippen LogP contribution >= 0.6 is 0 Å². The van der Waals surface area contributed by atoms with Crippen molar-refractivity contribution in [3.8, 4) is 0 Å². The highest BCUT2D eigenvalue weighted by Gasteiger charge is 2.38. The van der Waals surface area contributed by atoms with Crippen LogP contribution in [-0.4, -0.2) is 26.6 Å². The first-order chi connectivity index (χ1) is 12.2. The second-order valence-corrected chi connectivity index (χ2v) is 6.65. The molecule has 0 radical (unpaired) electrons. The fourth-order valence-electron chi connectivity index (χ4n) is 3.49. The van der Waals surface area contributed by atoms with Gasteiger partial charge in [0.25, 0.3) is 0 Å². The van der Waals surface area contributed by atoms with Gasteiger partial charge in [0.05, 0.1) is 0 Å². The standard InChI is InChI=1S/C19H20N4O2/c24-17(13-23-18(25)22-12-5-4-9-16(22)21-23)20-14-19(10-6-11-19)15-7-2-1-3-8-15/h1-5,7-9,12H,6,10-11,13-14H2,(H,20,24). The molecule has 0 atom stereocenters. The molecule has 3 aromatic rings. The molecule has 6 nitrogen and oxygen atoms in total. The number of hydrogen-bond donors (Lipinski definition) is 1. The lowest BCUT2D eigenvalue weighted by molar-refractivity contribution is -0.122. The lowest BCUT2D eigenvalue weighted by Gasteiger charge is -2.42. The Balaban J connectivity index is 1.45. The van der Waals surface area contributed by atoms with E-state index in [2.05, 4.69) is 22.5 Å². The molecule has 4 rings (SSSR count). The smallest absolute Gasteiger partial charge is 0.350 e. The molecule has 0 aliphatic heterocycles. The summed E-state index contributed by atoms with van der Waals surface area (Å²) in [6.07, 6.45) is 4.98. The van der Waals surface area contributed by atoms with Crippen molar-refractivity contribution in [3.63, 3.8) is 0 Å². The summed E-state index contributed by atoms with van der Waals surface area (Å²) in [7, 11) is 0. The number of aromatic nitrogens is 3. The van der Waals surface area contributed by atoms with Gasteiger partial charge < -0.3 is 5.32 Å². The zero-order valence-electron chi connectivity index (χ0n) is 13.9. The van der Waals surface area contributed by atoms with Crippen LogP contribution in [0.2, 0.25) is 0 Å². The predicted molar refractivity (Wildman–Crippen MR) is 94.4 cm³/mol. The summed E-state index contributed by atoms with van der Waals surface area (Å²) in [5.74, 6) is -0.187. The Morgan fingerprint density at radius 1 is 1.12 bits per heavy atom. The summed E-state index contributed by atoms with van der Waals surface area (Å²) >= 11 is 0. The van der Waals surface area contributed by atoms with E-state index in [1.807, 2.05) is 24.3 Å². The molecule has 1 N–H and O–H groups in total. The van der Waals surface area contributed by atoms with Gasteiger partial charge in [-0.15, -0.1) is 5.10 Å². The minimum absolute atomic E-state index is 0.0286. The van der Waals surface area contributed by atoms with Crippen LogP contribution in [-0.2, 0) is 16.8 Å². The quantitative estimate of drug-likeness (QED) is 0.771. The molecule has 2 aromatic heterocycles. The molecule has 6 heteroatoms. The van der Waals surface area contributed by atoms with E-state index in [1.54, 1.807) is 18.3 Å². The normalized spacial score (nSPS) is 15.7. The van der Waals surface area contributed by atoms with Gasteiger partial charge in [0, 0.05) is 18.2 Å². The van der Waals surface area contributed by atoms with E-state index in [0.29, 0.717) is 12.2 Å². The lowest BCUT2D eigenvalue weighted by Crippen LogP contribution is -2.46. The molecule has 0 spiro atoms. The van der Waals surface area contributed by atoms with Crippen LogP contribution in [0.25, 0.3) is 5.65 Å². The minimum Gasteiger partial charge on any atom is -0.354 e. The van der Waals surface area contributed by atoms with Crippen molar-refractivity contribution < 1.29 is 4.79 Å². The van der Waals surface area contributed by atoms with Crippen LogP contribution in [0.5, 0.6) is 0 Å². The molecule has 2 heterocycles. The van der Waals surface area contributed by atoms with Gasteiger partial charge in [-0.05, 0) is 30.5 Å². The fraction of sp³-hybridized carbons (Fsp3) is 0.316. The third-order valence-electron chi connectivity index (χ3n) is 5.10. The topological polar surface area (TPSA) is 68.4 Å². The van der Waals surface area contributed by atoms with Gasteiger partial charge in [0.2, 0.25) is 5.91 Å². The molecule has 0 unspecified atom stereocenters. The van der Waals surface area contributed by atoms with Gasteiger partial charge >= 0.3 is 5.69 Å². The summed E-state index contributed by atoms with van der Waals surface area (Å²) < 4.78 is 2.64. The van der Waals surface area contributed by atoms with E-state index in [1.165, 1.54) is 21.1 Å². The molecule has 128 valence electrons. The van der Waals surface area contributed by atoms with Crippen molar-refractivity contribution in [1.82, 2.24) is 19.5 Å². The number of hydrogen-bond acceptors (Lipinski definition) is 3. The maximum atomic E-state index is 12.3. The number of benzene rings is 1. The molecule has 1 aliphatic rings. The Kier molecular flexibility index (Phi) is 3.87. The number of nitrogens with one attached hydrogen (secondary N) is 1. The third-order valence-corrected chi connectivity index (χ3v) is 5.10. The van der Waals surface area contributed by atoms with E-state index < -0.39 is 0 Å². The Morgan fingerprint density at radius 2 is 1.88 bits per heavy atom. The van der Waals surface area contributed by atoms with E-state index in [0.717, 1.165) is 12.8 Å². The molecule has 1 aliphatic carbocycles. The molecule has 1 amide bonds. The van der Waals surface area contributed by atoms with E-state index >= 15 is 0 Å². The Labute approximate surface area is 145 Å². The largest absolute Gasteiger partial charge is 0.354 e. The maximum Gasteiger partial charge on any atom is 0.350 e.